The summed E-state index contributed by atoms with van der Waals surface area (Å²) in [5.74, 6) is 0. The molecule has 1 atom stereocenters. The molecule has 1 saturated carbocycles. The van der Waals surface area contributed by atoms with Crippen molar-refractivity contribution in [2.45, 2.75) is 59.0 Å². The highest BCUT2D eigenvalue weighted by Crippen LogP contribution is 2.43. The zero-order valence-corrected chi connectivity index (χ0v) is 23.6. The van der Waals surface area contributed by atoms with Gasteiger partial charge in [-0.15, -0.1) is 5.10 Å². The zero-order valence-electron chi connectivity index (χ0n) is 22.8. The van der Waals surface area contributed by atoms with Crippen molar-refractivity contribution in [3.63, 3.8) is 0 Å². The van der Waals surface area contributed by atoms with Crippen LogP contribution in [0.3, 0.4) is 0 Å². The second-order valence-electron chi connectivity index (χ2n) is 11.7. The van der Waals surface area contributed by atoms with Crippen molar-refractivity contribution in [2.24, 2.45) is 5.41 Å². The highest BCUT2D eigenvalue weighted by atomic mass is 35.5. The molecule has 1 aliphatic rings. The molecule has 39 heavy (non-hydrogen) atoms. The summed E-state index contributed by atoms with van der Waals surface area (Å²) >= 11 is 6.76. The Morgan fingerprint density at radius 1 is 1.15 bits per heavy atom. The van der Waals surface area contributed by atoms with Gasteiger partial charge in [0.1, 0.15) is 11.8 Å². The molecule has 9 heteroatoms. The zero-order chi connectivity index (χ0) is 27.9. The molecule has 8 nitrogen and oxygen atoms in total. The average Bonchev–Trinajstić information content (AvgIpc) is 3.44. The van der Waals surface area contributed by atoms with Gasteiger partial charge in [-0.05, 0) is 61.4 Å². The molecular weight excluding hydrogens is 508 g/mol. The van der Waals surface area contributed by atoms with Crippen LogP contribution in [0, 0.1) is 35.0 Å². The van der Waals surface area contributed by atoms with E-state index < -0.39 is 0 Å². The maximum absolute atomic E-state index is 9.82. The molecule has 2 heterocycles. The van der Waals surface area contributed by atoms with Crippen LogP contribution in [0.25, 0.3) is 10.9 Å². The van der Waals surface area contributed by atoms with E-state index in [0.29, 0.717) is 33.9 Å². The van der Waals surface area contributed by atoms with Gasteiger partial charge in [0.05, 0.1) is 51.2 Å². The van der Waals surface area contributed by atoms with E-state index in [9.17, 15) is 10.5 Å². The second-order valence-corrected chi connectivity index (χ2v) is 12.1. The molecule has 0 unspecified atom stereocenters. The Balaban J connectivity index is 1.63. The number of rotatable bonds is 7. The third-order valence-electron chi connectivity index (χ3n) is 7.29. The highest BCUT2D eigenvalue weighted by molar-refractivity contribution is 6.35. The smallest absolute Gasteiger partial charge is 0.110 e. The van der Waals surface area contributed by atoms with Crippen molar-refractivity contribution >= 4 is 33.9 Å². The number of fused-ring (bicyclic) bond motifs is 1. The van der Waals surface area contributed by atoms with Gasteiger partial charge in [-0.1, -0.05) is 49.7 Å². The molecule has 198 valence electrons. The van der Waals surface area contributed by atoms with Crippen LogP contribution in [0.4, 0.5) is 11.4 Å². The summed E-state index contributed by atoms with van der Waals surface area (Å²) in [6.45, 7) is 11.2. The lowest BCUT2D eigenvalue weighted by atomic mass is 9.95. The summed E-state index contributed by atoms with van der Waals surface area (Å²) in [4.78, 5) is 4.48. The van der Waals surface area contributed by atoms with Crippen LogP contribution < -0.4 is 10.6 Å². The van der Waals surface area contributed by atoms with Gasteiger partial charge in [0, 0.05) is 23.8 Å². The first-order valence-electron chi connectivity index (χ1n) is 13.0. The Morgan fingerprint density at radius 3 is 2.56 bits per heavy atom. The third-order valence-corrected chi connectivity index (χ3v) is 7.58. The van der Waals surface area contributed by atoms with Gasteiger partial charge < -0.3 is 10.6 Å². The summed E-state index contributed by atoms with van der Waals surface area (Å²) < 4.78 is 1.94. The van der Waals surface area contributed by atoms with Crippen molar-refractivity contribution < 1.29 is 0 Å². The maximum Gasteiger partial charge on any atom is 0.110 e. The van der Waals surface area contributed by atoms with Gasteiger partial charge in [-0.2, -0.15) is 10.5 Å². The molecule has 2 N–H and O–H groups in total. The topological polar surface area (TPSA) is 115 Å². The predicted molar refractivity (Wildman–Crippen MR) is 154 cm³/mol. The SMILES string of the molecule is Cc1c(C#N)cccc1[C@H](Nc1cc(Cl)c2ncc(C#N)c(NCC(C)(C)C)c2c1)c1cn(C2(C)CC2)nn1. The number of nitriles is 2. The maximum atomic E-state index is 9.82. The third kappa shape index (κ3) is 5.26. The molecule has 0 spiro atoms. The van der Waals surface area contributed by atoms with E-state index in [-0.39, 0.29) is 17.0 Å². The number of halogens is 1. The van der Waals surface area contributed by atoms with Crippen molar-refractivity contribution in [1.29, 1.82) is 10.5 Å². The van der Waals surface area contributed by atoms with Crippen molar-refractivity contribution in [2.75, 3.05) is 17.2 Å². The molecule has 0 radical (unpaired) electrons. The van der Waals surface area contributed by atoms with E-state index in [1.54, 1.807) is 6.20 Å². The number of benzene rings is 2. The van der Waals surface area contributed by atoms with Gasteiger partial charge in [0.2, 0.25) is 0 Å². The summed E-state index contributed by atoms with van der Waals surface area (Å²) in [5.41, 5.74) is 5.65. The largest absolute Gasteiger partial charge is 0.383 e. The Bertz CT molecular complexity index is 1650. The Kier molecular flexibility index (Phi) is 6.70. The lowest BCUT2D eigenvalue weighted by molar-refractivity contribution is 0.443. The monoisotopic (exact) mass is 538 g/mol. The average molecular weight is 539 g/mol. The minimum absolute atomic E-state index is 0.000375. The fourth-order valence-electron chi connectivity index (χ4n) is 4.62. The van der Waals surface area contributed by atoms with E-state index in [2.05, 4.69) is 65.8 Å². The first-order valence-corrected chi connectivity index (χ1v) is 13.4. The number of hydrogen-bond donors (Lipinski definition) is 2. The van der Waals surface area contributed by atoms with E-state index >= 15 is 0 Å². The van der Waals surface area contributed by atoms with E-state index in [0.717, 1.165) is 40.7 Å². The van der Waals surface area contributed by atoms with Crippen molar-refractivity contribution in [3.8, 4) is 12.1 Å². The van der Waals surface area contributed by atoms with Gasteiger partial charge >= 0.3 is 0 Å². The summed E-state index contributed by atoms with van der Waals surface area (Å²) in [6, 6.07) is 13.6. The minimum Gasteiger partial charge on any atom is -0.383 e. The first kappa shape index (κ1) is 26.5. The highest BCUT2D eigenvalue weighted by Gasteiger charge is 2.41. The van der Waals surface area contributed by atoms with E-state index in [4.69, 9.17) is 11.6 Å². The number of nitrogens with one attached hydrogen (secondary N) is 2. The standard InChI is InChI=1S/C30H31ClN8/c1-18-19(13-32)7-6-8-22(18)28(25-16-39(38-37-25)30(5)9-10-30)36-21-11-23-26(35-17-29(2,3)4)20(14-33)15-34-27(23)24(31)12-21/h6-8,11-12,15-16,28,36H,9-10,17H2,1-5H3,(H,34,35)/t28-/m0/s1. The normalized spacial score (nSPS) is 14.9. The summed E-state index contributed by atoms with van der Waals surface area (Å²) in [6.07, 6.45) is 5.67. The molecule has 0 aliphatic heterocycles. The molecule has 5 rings (SSSR count). The summed E-state index contributed by atoms with van der Waals surface area (Å²) in [7, 11) is 0. The van der Waals surface area contributed by atoms with Crippen LogP contribution in [-0.2, 0) is 5.54 Å². The van der Waals surface area contributed by atoms with Gasteiger partial charge in [0.15, 0.2) is 0 Å². The fourth-order valence-corrected chi connectivity index (χ4v) is 4.89. The first-order chi connectivity index (χ1) is 18.5. The van der Waals surface area contributed by atoms with Gasteiger partial charge in [-0.25, -0.2) is 4.68 Å². The van der Waals surface area contributed by atoms with Crippen LogP contribution in [0.1, 0.15) is 74.5 Å². The summed E-state index contributed by atoms with van der Waals surface area (Å²) in [5, 5.41) is 36.8. The molecule has 2 aromatic carbocycles. The number of aromatic nitrogens is 4. The molecule has 0 saturated heterocycles. The molecule has 1 aliphatic carbocycles. The lowest BCUT2D eigenvalue weighted by Crippen LogP contribution is -2.20. The number of nitrogens with zero attached hydrogens (tertiary/aromatic N) is 6. The van der Waals surface area contributed by atoms with Gasteiger partial charge in [-0.3, -0.25) is 4.98 Å². The molecule has 0 bridgehead atoms. The lowest BCUT2D eigenvalue weighted by Gasteiger charge is -2.23. The van der Waals surface area contributed by atoms with Crippen LogP contribution in [-0.4, -0.2) is 26.5 Å². The van der Waals surface area contributed by atoms with Crippen LogP contribution in [0.15, 0.2) is 42.7 Å². The number of hydrogen-bond acceptors (Lipinski definition) is 7. The Labute approximate surface area is 233 Å². The molecule has 0 amide bonds. The van der Waals surface area contributed by atoms with Crippen molar-refractivity contribution in [1.82, 2.24) is 20.0 Å². The minimum atomic E-state index is -0.388. The number of pyridine rings is 1. The van der Waals surface area contributed by atoms with E-state index in [1.165, 1.54) is 0 Å². The molecular formula is C30H31ClN8. The molecule has 1 fully saturated rings. The van der Waals surface area contributed by atoms with E-state index in [1.807, 2.05) is 48.1 Å². The Morgan fingerprint density at radius 2 is 1.90 bits per heavy atom. The molecule has 2 aromatic heterocycles. The fraction of sp³-hybridized carbons (Fsp3) is 0.367. The Hall–Kier alpha value is -4.14. The number of anilines is 2. The van der Waals surface area contributed by atoms with Gasteiger partial charge in [0.25, 0.3) is 0 Å². The predicted octanol–water partition coefficient (Wildman–Crippen LogP) is 6.70. The molecule has 4 aromatic rings. The quantitative estimate of drug-likeness (QED) is 0.269. The second kappa shape index (κ2) is 9.87. The van der Waals surface area contributed by atoms with Crippen LogP contribution >= 0.6 is 11.6 Å². The van der Waals surface area contributed by atoms with Crippen molar-refractivity contribution in [3.05, 3.63) is 75.7 Å². The van der Waals surface area contributed by atoms with Crippen LogP contribution in [0.5, 0.6) is 0 Å². The van der Waals surface area contributed by atoms with Crippen LogP contribution in [0.2, 0.25) is 5.02 Å².